The average molecular weight is 562 g/mol. The van der Waals surface area contributed by atoms with Gasteiger partial charge in [-0.15, -0.1) is 0 Å². The Kier molecular flexibility index (Phi) is 10.00. The highest BCUT2D eigenvalue weighted by atomic mass is 32.2. The number of nitrogens with one attached hydrogen (secondary N) is 2. The maximum absolute atomic E-state index is 12.8. The molecule has 3 rings (SSSR count). The number of carboxylic acids is 1. The summed E-state index contributed by atoms with van der Waals surface area (Å²) >= 11 is 0. The van der Waals surface area contributed by atoms with E-state index in [4.69, 9.17) is 10.8 Å². The number of aryl methyl sites for hydroxylation is 1. The minimum Gasteiger partial charge on any atom is -0.481 e. The molecule has 0 saturated carbocycles. The Bertz CT molecular complexity index is 1620. The summed E-state index contributed by atoms with van der Waals surface area (Å²) in [6.45, 7) is 3.50. The van der Waals surface area contributed by atoms with Gasteiger partial charge in [-0.1, -0.05) is 37.0 Å². The first-order chi connectivity index (χ1) is 18.9. The topological polar surface area (TPSA) is 164 Å². The smallest absolute Gasteiger partial charge is 0.323 e. The first kappa shape index (κ1) is 29.9. The van der Waals surface area contributed by atoms with Gasteiger partial charge in [-0.25, -0.2) is 14.0 Å². The summed E-state index contributed by atoms with van der Waals surface area (Å²) in [5.41, 5.74) is 9.13. The maximum Gasteiger partial charge on any atom is 0.323 e. The molecule has 0 spiro atoms. The third kappa shape index (κ3) is 9.25. The number of carbonyl (C=O) groups excluding carboxylic acids is 2. The van der Waals surface area contributed by atoms with Crippen LogP contribution in [0.5, 0.6) is 0 Å². The molecular weight excluding hydrogens is 530 g/mol. The van der Waals surface area contributed by atoms with Crippen LogP contribution >= 0.6 is 0 Å². The van der Waals surface area contributed by atoms with Gasteiger partial charge in [0.2, 0.25) is 0 Å². The van der Waals surface area contributed by atoms with Gasteiger partial charge in [0.15, 0.2) is 0 Å². The first-order valence-corrected chi connectivity index (χ1v) is 14.5. The molecule has 5 N–H and O–H groups in total. The van der Waals surface area contributed by atoms with Crippen molar-refractivity contribution in [1.82, 2.24) is 4.98 Å². The molecule has 2 unspecified atom stereocenters. The molecule has 208 valence electrons. The van der Waals surface area contributed by atoms with E-state index in [2.05, 4.69) is 31.8 Å². The predicted octanol–water partition coefficient (Wildman–Crippen LogP) is 4.75. The Morgan fingerprint density at radius 1 is 1.07 bits per heavy atom. The Labute approximate surface area is 233 Å². The van der Waals surface area contributed by atoms with Crippen LogP contribution in [0.15, 0.2) is 65.2 Å². The number of carboxylic acid groups (broad SMARTS) is 1. The average Bonchev–Trinajstić information content (AvgIpc) is 2.87. The van der Waals surface area contributed by atoms with E-state index in [1.165, 1.54) is 18.5 Å². The Balaban J connectivity index is 1.70. The summed E-state index contributed by atoms with van der Waals surface area (Å²) in [5.74, 6) is 3.82. The van der Waals surface area contributed by atoms with Gasteiger partial charge < -0.3 is 21.5 Å². The number of carbonyl (C=O) groups is 3. The van der Waals surface area contributed by atoms with E-state index in [0.29, 0.717) is 29.8 Å². The highest BCUT2D eigenvalue weighted by Crippen LogP contribution is 2.15. The van der Waals surface area contributed by atoms with Crippen LogP contribution in [0.2, 0.25) is 0 Å². The maximum atomic E-state index is 12.8. The van der Waals surface area contributed by atoms with Crippen molar-refractivity contribution in [1.29, 1.82) is 0 Å². The molecular formula is C29H31N5O5S. The molecule has 0 aliphatic rings. The molecule has 0 fully saturated rings. The van der Waals surface area contributed by atoms with Crippen LogP contribution in [0.3, 0.4) is 0 Å². The summed E-state index contributed by atoms with van der Waals surface area (Å²) < 4.78 is 16.6. The highest BCUT2D eigenvalue weighted by molar-refractivity contribution is 7.93. The van der Waals surface area contributed by atoms with E-state index in [9.17, 15) is 18.6 Å². The molecule has 2 atom stereocenters. The van der Waals surface area contributed by atoms with Crippen LogP contribution in [0.25, 0.3) is 0 Å². The normalized spacial score (nSPS) is 12.7. The molecule has 40 heavy (non-hydrogen) atoms. The predicted molar refractivity (Wildman–Crippen MR) is 157 cm³/mol. The van der Waals surface area contributed by atoms with E-state index < -0.39 is 33.6 Å². The van der Waals surface area contributed by atoms with E-state index in [0.717, 1.165) is 5.56 Å². The molecule has 11 heteroatoms. The minimum atomic E-state index is -2.87. The van der Waals surface area contributed by atoms with Gasteiger partial charge in [0.1, 0.15) is 5.82 Å². The van der Waals surface area contributed by atoms with Crippen molar-refractivity contribution in [2.45, 2.75) is 26.7 Å². The highest BCUT2D eigenvalue weighted by Gasteiger charge is 2.14. The van der Waals surface area contributed by atoms with E-state index in [1.54, 1.807) is 37.3 Å². The van der Waals surface area contributed by atoms with Crippen molar-refractivity contribution in [2.24, 2.45) is 10.3 Å². The van der Waals surface area contributed by atoms with Crippen molar-refractivity contribution in [3.05, 3.63) is 83.0 Å². The lowest BCUT2D eigenvalue weighted by atomic mass is 10.1. The quantitative estimate of drug-likeness (QED) is 0.288. The van der Waals surface area contributed by atoms with Gasteiger partial charge in [0, 0.05) is 35.1 Å². The molecule has 3 amide bonds. The van der Waals surface area contributed by atoms with Crippen LogP contribution in [-0.4, -0.2) is 44.2 Å². The number of hydrogen-bond donors (Lipinski definition) is 4. The lowest BCUT2D eigenvalue weighted by Gasteiger charge is -2.08. The number of urea groups is 1. The molecule has 0 bridgehead atoms. The van der Waals surface area contributed by atoms with Crippen LogP contribution < -0.4 is 16.4 Å². The van der Waals surface area contributed by atoms with Crippen LogP contribution in [-0.2, 0) is 14.5 Å². The van der Waals surface area contributed by atoms with Crippen molar-refractivity contribution in [3.8, 4) is 11.8 Å². The third-order valence-corrected chi connectivity index (χ3v) is 7.36. The van der Waals surface area contributed by atoms with Gasteiger partial charge in [-0.05, 0) is 61.7 Å². The molecule has 0 aliphatic heterocycles. The molecule has 1 aromatic heterocycles. The summed E-state index contributed by atoms with van der Waals surface area (Å²) in [7, 11) is -2.87. The Morgan fingerprint density at radius 2 is 1.75 bits per heavy atom. The summed E-state index contributed by atoms with van der Waals surface area (Å²) in [6, 6.07) is 15.4. The summed E-state index contributed by atoms with van der Waals surface area (Å²) in [4.78, 5) is 40.0. The number of aromatic nitrogens is 1. The monoisotopic (exact) mass is 561 g/mol. The van der Waals surface area contributed by atoms with Crippen LogP contribution in [0.1, 0.15) is 46.8 Å². The largest absolute Gasteiger partial charge is 0.481 e. The third-order valence-electron chi connectivity index (χ3n) is 5.76. The fraction of sp³-hybridized carbons (Fsp3) is 0.241. The number of rotatable bonds is 8. The Morgan fingerprint density at radius 3 is 2.42 bits per heavy atom. The van der Waals surface area contributed by atoms with Crippen molar-refractivity contribution < 1.29 is 23.7 Å². The van der Waals surface area contributed by atoms with Gasteiger partial charge >= 0.3 is 12.0 Å². The van der Waals surface area contributed by atoms with Gasteiger partial charge in [-0.3, -0.25) is 9.59 Å². The lowest BCUT2D eigenvalue weighted by molar-refractivity contribution is -0.141. The van der Waals surface area contributed by atoms with Gasteiger partial charge in [0.05, 0.1) is 26.8 Å². The van der Waals surface area contributed by atoms with Crippen LogP contribution in [0.4, 0.5) is 22.0 Å². The molecule has 0 saturated heterocycles. The summed E-state index contributed by atoms with van der Waals surface area (Å²) in [6.07, 6.45) is 3.30. The fourth-order valence-electron chi connectivity index (χ4n) is 3.58. The number of amides is 3. The second kappa shape index (κ2) is 13.4. The van der Waals surface area contributed by atoms with Crippen molar-refractivity contribution in [3.63, 3.8) is 0 Å². The van der Waals surface area contributed by atoms with Crippen molar-refractivity contribution in [2.75, 3.05) is 28.4 Å². The number of nitrogen functional groups attached to an aromatic ring is 1. The zero-order valence-corrected chi connectivity index (χ0v) is 23.2. The SMILES string of the molecule is Cc1cccc(NC(=O)Nc2cccc(C#Cc3cc(C(=O)N=S(C)(=O)CCCC(C)C(=O)O)cnc3N)c2)c1. The molecule has 2 aromatic carbocycles. The van der Waals surface area contributed by atoms with Gasteiger partial charge in [0.25, 0.3) is 5.91 Å². The number of aliphatic carboxylic acids is 1. The molecule has 1 heterocycles. The fourth-order valence-corrected chi connectivity index (χ4v) is 4.83. The van der Waals surface area contributed by atoms with Crippen molar-refractivity contribution >= 4 is 44.8 Å². The molecule has 10 nitrogen and oxygen atoms in total. The standard InChI is InChI=1S/C29H31N5O5S/c1-19-7-4-10-24(15-19)32-29(38)33-25-11-5-9-21(16-25)12-13-22-17-23(18-31-26(22)30)27(35)34-40(3,39)14-6-8-20(2)28(36)37/h4-5,7,9-11,15-18,20H,6,8,14H2,1-3H3,(H2,30,31)(H,36,37)(H2,32,33,38). The lowest BCUT2D eigenvalue weighted by Crippen LogP contribution is -2.19. The molecule has 0 aliphatic carbocycles. The number of pyridine rings is 1. The number of anilines is 3. The van der Waals surface area contributed by atoms with Gasteiger partial charge in [-0.2, -0.15) is 4.36 Å². The van der Waals surface area contributed by atoms with E-state index in [1.807, 2.05) is 25.1 Å². The number of nitrogens with two attached hydrogens (primary N) is 1. The second-order valence-corrected chi connectivity index (χ2v) is 11.9. The minimum absolute atomic E-state index is 0.0789. The number of nitrogens with zero attached hydrogens (tertiary/aromatic N) is 2. The zero-order chi connectivity index (χ0) is 29.3. The Hall–Kier alpha value is -4.69. The second-order valence-electron chi connectivity index (χ2n) is 9.38. The van der Waals surface area contributed by atoms with E-state index >= 15 is 0 Å². The van der Waals surface area contributed by atoms with E-state index in [-0.39, 0.29) is 22.7 Å². The number of hydrogen-bond acceptors (Lipinski definition) is 6. The van der Waals surface area contributed by atoms with Crippen LogP contribution in [0, 0.1) is 24.7 Å². The first-order valence-electron chi connectivity index (χ1n) is 12.4. The summed E-state index contributed by atoms with van der Waals surface area (Å²) in [5, 5.41) is 14.5. The zero-order valence-electron chi connectivity index (χ0n) is 22.4. The molecule has 3 aromatic rings. The molecule has 0 radical (unpaired) electrons. The number of benzene rings is 2.